The molecule has 1 N–H and O–H groups in total. The number of hydrogen-bond donors (Lipinski definition) is 1. The van der Waals surface area contributed by atoms with Gasteiger partial charge in [0.15, 0.2) is 0 Å². The van der Waals surface area contributed by atoms with Gasteiger partial charge in [-0.2, -0.15) is 9.97 Å². The zero-order valence-corrected chi connectivity index (χ0v) is 18.7. The molecule has 1 amide bonds. The monoisotopic (exact) mass is 451 g/mol. The van der Waals surface area contributed by atoms with Crippen LogP contribution in [0.2, 0.25) is 5.02 Å². The second-order valence-corrected chi connectivity index (χ2v) is 8.75. The number of hydrogen-bond acceptors (Lipinski definition) is 7. The Labute approximate surface area is 190 Å². The maximum atomic E-state index is 12.3. The first kappa shape index (κ1) is 21.7. The summed E-state index contributed by atoms with van der Waals surface area (Å²) in [7, 11) is 0. The van der Waals surface area contributed by atoms with Crippen molar-refractivity contribution in [1.29, 1.82) is 0 Å². The fourth-order valence-electron chi connectivity index (χ4n) is 2.86. The predicted molar refractivity (Wildman–Crippen MR) is 120 cm³/mol. The van der Waals surface area contributed by atoms with E-state index in [0.717, 1.165) is 11.1 Å². The minimum Gasteiger partial charge on any atom is -0.339 e. The summed E-state index contributed by atoms with van der Waals surface area (Å²) in [6.07, 6.45) is 0.548. The number of aryl methyl sites for hydroxylation is 1. The summed E-state index contributed by atoms with van der Waals surface area (Å²) < 4.78 is 10.6. The van der Waals surface area contributed by atoms with Gasteiger partial charge in [0.25, 0.3) is 0 Å². The van der Waals surface area contributed by atoms with Crippen LogP contribution in [0.3, 0.4) is 0 Å². The van der Waals surface area contributed by atoms with E-state index in [1.807, 2.05) is 45.0 Å². The maximum absolute atomic E-state index is 12.3. The zero-order valence-electron chi connectivity index (χ0n) is 17.9. The summed E-state index contributed by atoms with van der Waals surface area (Å²) in [5, 5.41) is 11.5. The Morgan fingerprint density at radius 2 is 1.50 bits per heavy atom. The molecule has 0 unspecified atom stereocenters. The standard InChI is InChI=1S/C23H22ClN5O3/c1-23(2,3)22-27-21(29-32-22)15-6-10-17(11-7-15)25-18(30)12-13-19-26-20(28-31-19)14-4-8-16(24)9-5-14/h4-11H,12-13H2,1-3H3,(H,25,30). The Kier molecular flexibility index (Phi) is 6.05. The van der Waals surface area contributed by atoms with Crippen LogP contribution in [-0.2, 0) is 16.6 Å². The molecule has 4 aromatic rings. The van der Waals surface area contributed by atoms with Crippen molar-refractivity contribution in [2.75, 3.05) is 5.32 Å². The molecular formula is C23H22ClN5O3. The van der Waals surface area contributed by atoms with Crippen LogP contribution in [0.1, 0.15) is 39.0 Å². The molecule has 0 aliphatic rings. The van der Waals surface area contributed by atoms with E-state index in [4.69, 9.17) is 20.6 Å². The summed E-state index contributed by atoms with van der Waals surface area (Å²) >= 11 is 5.89. The number of amides is 1. The molecule has 0 bridgehead atoms. The third-order valence-corrected chi connectivity index (χ3v) is 4.88. The smallest absolute Gasteiger partial charge is 0.232 e. The summed E-state index contributed by atoms with van der Waals surface area (Å²) in [5.41, 5.74) is 2.06. The molecule has 0 radical (unpaired) electrons. The lowest BCUT2D eigenvalue weighted by Crippen LogP contribution is -2.12. The molecule has 4 rings (SSSR count). The summed E-state index contributed by atoms with van der Waals surface area (Å²) in [6.45, 7) is 6.03. The third-order valence-electron chi connectivity index (χ3n) is 4.63. The second-order valence-electron chi connectivity index (χ2n) is 8.32. The largest absolute Gasteiger partial charge is 0.339 e. The molecule has 2 aromatic carbocycles. The first-order chi connectivity index (χ1) is 15.3. The lowest BCUT2D eigenvalue weighted by atomic mass is 9.97. The number of carbonyl (C=O) groups is 1. The molecule has 0 atom stereocenters. The highest BCUT2D eigenvalue weighted by atomic mass is 35.5. The lowest BCUT2D eigenvalue weighted by molar-refractivity contribution is -0.116. The minimum absolute atomic E-state index is 0.154. The molecule has 32 heavy (non-hydrogen) atoms. The SMILES string of the molecule is CC(C)(C)c1nc(-c2ccc(NC(=O)CCc3nc(-c4ccc(Cl)cc4)no3)cc2)no1. The molecule has 9 heteroatoms. The molecule has 0 aliphatic heterocycles. The van der Waals surface area contributed by atoms with E-state index < -0.39 is 0 Å². The molecule has 0 saturated heterocycles. The van der Waals surface area contributed by atoms with Gasteiger partial charge in [0.1, 0.15) is 0 Å². The van der Waals surface area contributed by atoms with Gasteiger partial charge in [0.2, 0.25) is 29.3 Å². The minimum atomic E-state index is -0.215. The Hall–Kier alpha value is -3.52. The maximum Gasteiger partial charge on any atom is 0.232 e. The molecule has 0 fully saturated rings. The van der Waals surface area contributed by atoms with Gasteiger partial charge in [-0.05, 0) is 48.5 Å². The fraction of sp³-hybridized carbons (Fsp3) is 0.261. The van der Waals surface area contributed by atoms with Crippen LogP contribution in [0.5, 0.6) is 0 Å². The van der Waals surface area contributed by atoms with E-state index in [-0.39, 0.29) is 17.7 Å². The van der Waals surface area contributed by atoms with E-state index in [0.29, 0.717) is 40.6 Å². The summed E-state index contributed by atoms with van der Waals surface area (Å²) in [6, 6.07) is 14.4. The Bertz CT molecular complexity index is 1210. The third kappa shape index (κ3) is 5.20. The van der Waals surface area contributed by atoms with Crippen molar-refractivity contribution >= 4 is 23.2 Å². The molecule has 0 saturated carbocycles. The number of nitrogens with one attached hydrogen (secondary N) is 1. The molecule has 2 heterocycles. The number of aromatic nitrogens is 4. The highest BCUT2D eigenvalue weighted by molar-refractivity contribution is 6.30. The first-order valence-electron chi connectivity index (χ1n) is 10.1. The van der Waals surface area contributed by atoms with Crippen molar-refractivity contribution < 1.29 is 13.8 Å². The van der Waals surface area contributed by atoms with Crippen molar-refractivity contribution in [2.24, 2.45) is 0 Å². The van der Waals surface area contributed by atoms with Gasteiger partial charge in [0.05, 0.1) is 0 Å². The number of anilines is 1. The van der Waals surface area contributed by atoms with E-state index in [9.17, 15) is 4.79 Å². The van der Waals surface area contributed by atoms with Crippen LogP contribution in [-0.4, -0.2) is 26.2 Å². The van der Waals surface area contributed by atoms with Crippen LogP contribution < -0.4 is 5.32 Å². The van der Waals surface area contributed by atoms with Gasteiger partial charge in [-0.25, -0.2) is 0 Å². The average molecular weight is 452 g/mol. The first-order valence-corrected chi connectivity index (χ1v) is 10.5. The van der Waals surface area contributed by atoms with Crippen LogP contribution in [0.15, 0.2) is 57.6 Å². The lowest BCUT2D eigenvalue weighted by Gasteiger charge is -2.10. The van der Waals surface area contributed by atoms with Gasteiger partial charge in [0, 0.05) is 40.1 Å². The topological polar surface area (TPSA) is 107 Å². The number of benzene rings is 2. The average Bonchev–Trinajstić information content (AvgIpc) is 3.43. The summed E-state index contributed by atoms with van der Waals surface area (Å²) in [4.78, 5) is 21.1. The Morgan fingerprint density at radius 3 is 2.12 bits per heavy atom. The van der Waals surface area contributed by atoms with Gasteiger partial charge < -0.3 is 14.4 Å². The van der Waals surface area contributed by atoms with Crippen LogP contribution in [0.4, 0.5) is 5.69 Å². The highest BCUT2D eigenvalue weighted by Crippen LogP contribution is 2.25. The van der Waals surface area contributed by atoms with Crippen LogP contribution >= 0.6 is 11.6 Å². The van der Waals surface area contributed by atoms with Crippen molar-refractivity contribution in [3.8, 4) is 22.8 Å². The van der Waals surface area contributed by atoms with E-state index in [2.05, 4.69) is 25.6 Å². The van der Waals surface area contributed by atoms with Crippen LogP contribution in [0, 0.1) is 0 Å². The number of nitrogens with zero attached hydrogens (tertiary/aromatic N) is 4. The second kappa shape index (κ2) is 8.92. The number of carbonyl (C=O) groups excluding carboxylic acids is 1. The van der Waals surface area contributed by atoms with E-state index in [1.165, 1.54) is 0 Å². The van der Waals surface area contributed by atoms with Crippen molar-refractivity contribution in [3.63, 3.8) is 0 Å². The molecular weight excluding hydrogens is 430 g/mol. The van der Waals surface area contributed by atoms with Gasteiger partial charge in [-0.3, -0.25) is 4.79 Å². The number of halogens is 1. The van der Waals surface area contributed by atoms with Crippen LogP contribution in [0.25, 0.3) is 22.8 Å². The highest BCUT2D eigenvalue weighted by Gasteiger charge is 2.22. The number of rotatable bonds is 6. The molecule has 0 spiro atoms. The molecule has 164 valence electrons. The van der Waals surface area contributed by atoms with Gasteiger partial charge >= 0.3 is 0 Å². The van der Waals surface area contributed by atoms with Crippen molar-refractivity contribution in [2.45, 2.75) is 39.0 Å². The molecule has 2 aromatic heterocycles. The van der Waals surface area contributed by atoms with E-state index >= 15 is 0 Å². The van der Waals surface area contributed by atoms with Gasteiger partial charge in [-0.1, -0.05) is 42.7 Å². The summed E-state index contributed by atoms with van der Waals surface area (Å²) in [5.74, 6) is 1.79. The van der Waals surface area contributed by atoms with E-state index in [1.54, 1.807) is 24.3 Å². The molecule has 0 aliphatic carbocycles. The van der Waals surface area contributed by atoms with Crippen molar-refractivity contribution in [1.82, 2.24) is 20.3 Å². The normalized spacial score (nSPS) is 11.5. The fourth-order valence-corrected chi connectivity index (χ4v) is 2.99. The predicted octanol–water partition coefficient (Wildman–Crippen LogP) is 5.31. The quantitative estimate of drug-likeness (QED) is 0.423. The van der Waals surface area contributed by atoms with Gasteiger partial charge in [-0.15, -0.1) is 0 Å². The molecule has 8 nitrogen and oxygen atoms in total. The Morgan fingerprint density at radius 1 is 0.906 bits per heavy atom. The van der Waals surface area contributed by atoms with Crippen molar-refractivity contribution in [3.05, 3.63) is 65.3 Å². The zero-order chi connectivity index (χ0) is 22.7. The Balaban J connectivity index is 1.32.